The van der Waals surface area contributed by atoms with Crippen molar-refractivity contribution in [3.8, 4) is 11.4 Å². The van der Waals surface area contributed by atoms with Gasteiger partial charge in [0.05, 0.1) is 12.2 Å². The van der Waals surface area contributed by atoms with E-state index in [0.29, 0.717) is 11.1 Å². The summed E-state index contributed by atoms with van der Waals surface area (Å²) in [5.41, 5.74) is -0.00423. The average Bonchev–Trinajstić information content (AvgIpc) is 2.98. The number of aliphatic hydroxyl groups excluding tert-OH is 1. The van der Waals surface area contributed by atoms with Crippen LogP contribution in [0.4, 0.5) is 28.0 Å². The van der Waals surface area contributed by atoms with Crippen molar-refractivity contribution in [2.24, 2.45) is 0 Å². The molecule has 1 heterocycles. The average molecular weight is 599 g/mol. The number of hydrogen-bond acceptors (Lipinski definition) is 6. The summed E-state index contributed by atoms with van der Waals surface area (Å²) in [6, 6.07) is 19.6. The van der Waals surface area contributed by atoms with Gasteiger partial charge in [-0.2, -0.15) is 13.2 Å². The maximum atomic E-state index is 13.6. The third-order valence-corrected chi connectivity index (χ3v) is 6.26. The van der Waals surface area contributed by atoms with E-state index in [9.17, 15) is 37.1 Å². The lowest BCUT2D eigenvalue weighted by molar-refractivity contribution is -0.212. The maximum absolute atomic E-state index is 13.6. The Morgan fingerprint density at radius 1 is 0.930 bits per heavy atom. The highest BCUT2D eigenvalue weighted by Crippen LogP contribution is 2.24. The second-order valence-electron chi connectivity index (χ2n) is 9.43. The van der Waals surface area contributed by atoms with Crippen molar-refractivity contribution in [3.63, 3.8) is 0 Å². The van der Waals surface area contributed by atoms with Crippen molar-refractivity contribution >= 4 is 17.7 Å². The molecule has 3 N–H and O–H groups in total. The zero-order valence-corrected chi connectivity index (χ0v) is 22.4. The summed E-state index contributed by atoms with van der Waals surface area (Å²) in [7, 11) is 0. The van der Waals surface area contributed by atoms with E-state index in [1.54, 1.807) is 48.5 Å². The van der Waals surface area contributed by atoms with Crippen LogP contribution in [-0.4, -0.2) is 45.0 Å². The molecule has 2 atom stereocenters. The van der Waals surface area contributed by atoms with Gasteiger partial charge in [0.15, 0.2) is 6.10 Å². The molecular formula is C30H26F4N4O5. The number of benzene rings is 3. The molecule has 0 aliphatic heterocycles. The van der Waals surface area contributed by atoms with E-state index in [-0.39, 0.29) is 30.1 Å². The number of carbonyl (C=O) groups is 2. The van der Waals surface area contributed by atoms with Gasteiger partial charge in [-0.1, -0.05) is 60.7 Å². The molecule has 3 aromatic carbocycles. The standard InChI is InChI=1S/C30H26F4N4O5/c31-22-13-11-21(12-14-22)27-35-16-24(37-29(42)43-18-20-9-5-2-6-10-20)28(41)38(27)17-25(39)36-23(26(40)30(32,33)34)15-19-7-3-1-4-8-19/h1-14,16,23,26,40H,15,17-18H2,(H,36,39)(H,37,42). The summed E-state index contributed by atoms with van der Waals surface area (Å²) in [4.78, 5) is 43.0. The van der Waals surface area contributed by atoms with Gasteiger partial charge in [-0.15, -0.1) is 0 Å². The molecule has 43 heavy (non-hydrogen) atoms. The fraction of sp³-hybridized carbons (Fsp3) is 0.200. The Morgan fingerprint density at radius 2 is 1.53 bits per heavy atom. The molecule has 2 unspecified atom stereocenters. The number of amides is 2. The summed E-state index contributed by atoms with van der Waals surface area (Å²) in [6.07, 6.45) is -8.29. The normalized spacial score (nSPS) is 12.7. The molecule has 0 saturated carbocycles. The number of nitrogens with zero attached hydrogens (tertiary/aromatic N) is 2. The molecule has 4 rings (SSSR count). The van der Waals surface area contributed by atoms with E-state index in [0.717, 1.165) is 22.9 Å². The van der Waals surface area contributed by atoms with E-state index in [4.69, 9.17) is 4.74 Å². The SMILES string of the molecule is O=C(Cn1c(-c2ccc(F)cc2)ncc(NC(=O)OCc2ccccc2)c1=O)NC(Cc1ccccc1)C(O)C(F)(F)F. The van der Waals surface area contributed by atoms with Crippen LogP contribution >= 0.6 is 0 Å². The molecule has 2 amide bonds. The summed E-state index contributed by atoms with van der Waals surface area (Å²) >= 11 is 0. The first kappa shape index (κ1) is 30.9. The molecule has 0 aliphatic carbocycles. The Kier molecular flexibility index (Phi) is 9.88. The first-order valence-electron chi connectivity index (χ1n) is 12.9. The fourth-order valence-corrected chi connectivity index (χ4v) is 4.16. The second-order valence-corrected chi connectivity index (χ2v) is 9.43. The molecule has 0 radical (unpaired) electrons. The van der Waals surface area contributed by atoms with Crippen LogP contribution in [0, 0.1) is 5.82 Å². The number of ether oxygens (including phenoxy) is 1. The zero-order valence-electron chi connectivity index (χ0n) is 22.4. The minimum absolute atomic E-state index is 0.102. The number of aliphatic hydroxyl groups is 1. The van der Waals surface area contributed by atoms with Crippen LogP contribution < -0.4 is 16.2 Å². The number of hydrogen-bond donors (Lipinski definition) is 3. The summed E-state index contributed by atoms with van der Waals surface area (Å²) in [5, 5.41) is 14.4. The van der Waals surface area contributed by atoms with Crippen molar-refractivity contribution in [2.75, 3.05) is 5.32 Å². The predicted molar refractivity (Wildman–Crippen MR) is 148 cm³/mol. The fourth-order valence-electron chi connectivity index (χ4n) is 4.16. The zero-order chi connectivity index (χ0) is 31.0. The lowest BCUT2D eigenvalue weighted by Gasteiger charge is -2.26. The van der Waals surface area contributed by atoms with Crippen molar-refractivity contribution in [1.29, 1.82) is 0 Å². The largest absolute Gasteiger partial charge is 0.444 e. The Hall–Kier alpha value is -5.04. The van der Waals surface area contributed by atoms with Crippen molar-refractivity contribution in [3.05, 3.63) is 118 Å². The quantitative estimate of drug-likeness (QED) is 0.232. The first-order valence-corrected chi connectivity index (χ1v) is 12.9. The third-order valence-electron chi connectivity index (χ3n) is 6.26. The number of aromatic nitrogens is 2. The lowest BCUT2D eigenvalue weighted by atomic mass is 10.0. The van der Waals surface area contributed by atoms with Gasteiger partial charge in [-0.25, -0.2) is 14.2 Å². The van der Waals surface area contributed by atoms with Crippen LogP contribution in [0.25, 0.3) is 11.4 Å². The van der Waals surface area contributed by atoms with Gasteiger partial charge in [0, 0.05) is 5.56 Å². The Balaban J connectivity index is 1.60. The molecule has 0 aliphatic rings. The highest BCUT2D eigenvalue weighted by atomic mass is 19.4. The highest BCUT2D eigenvalue weighted by Gasteiger charge is 2.44. The van der Waals surface area contributed by atoms with E-state index >= 15 is 0 Å². The number of nitrogens with one attached hydrogen (secondary N) is 2. The third kappa shape index (κ3) is 8.49. The Bertz CT molecular complexity index is 1600. The number of anilines is 1. The minimum Gasteiger partial charge on any atom is -0.444 e. The molecule has 9 nitrogen and oxygen atoms in total. The van der Waals surface area contributed by atoms with Crippen LogP contribution in [0.3, 0.4) is 0 Å². The van der Waals surface area contributed by atoms with Gasteiger partial charge < -0.3 is 15.2 Å². The number of halogens is 4. The summed E-state index contributed by atoms with van der Waals surface area (Å²) in [6.45, 7) is -0.947. The smallest absolute Gasteiger partial charge is 0.416 e. The molecule has 0 spiro atoms. The Labute approximate surface area is 242 Å². The van der Waals surface area contributed by atoms with E-state index in [2.05, 4.69) is 15.6 Å². The minimum atomic E-state index is -5.05. The van der Waals surface area contributed by atoms with Gasteiger partial charge in [-0.05, 0) is 41.8 Å². The monoisotopic (exact) mass is 598 g/mol. The molecule has 4 aromatic rings. The topological polar surface area (TPSA) is 123 Å². The van der Waals surface area contributed by atoms with Crippen LogP contribution in [0.1, 0.15) is 11.1 Å². The summed E-state index contributed by atoms with van der Waals surface area (Å²) in [5.74, 6) is -1.76. The van der Waals surface area contributed by atoms with Crippen molar-refractivity contribution in [2.45, 2.75) is 37.9 Å². The molecule has 0 fully saturated rings. The second kappa shape index (κ2) is 13.7. The first-order chi connectivity index (χ1) is 20.5. The lowest BCUT2D eigenvalue weighted by Crippen LogP contribution is -2.52. The number of carbonyl (C=O) groups excluding carboxylic acids is 2. The van der Waals surface area contributed by atoms with E-state index in [1.165, 1.54) is 24.3 Å². The van der Waals surface area contributed by atoms with Gasteiger partial charge in [0.2, 0.25) is 5.91 Å². The molecule has 13 heteroatoms. The molecule has 224 valence electrons. The van der Waals surface area contributed by atoms with Crippen LogP contribution in [0.15, 0.2) is 95.9 Å². The number of rotatable bonds is 10. The van der Waals surface area contributed by atoms with Crippen molar-refractivity contribution in [1.82, 2.24) is 14.9 Å². The van der Waals surface area contributed by atoms with Gasteiger partial charge >= 0.3 is 12.3 Å². The maximum Gasteiger partial charge on any atom is 0.416 e. The Morgan fingerprint density at radius 3 is 2.14 bits per heavy atom. The summed E-state index contributed by atoms with van der Waals surface area (Å²) < 4.78 is 59.9. The predicted octanol–water partition coefficient (Wildman–Crippen LogP) is 4.45. The van der Waals surface area contributed by atoms with Gasteiger partial charge in [0.25, 0.3) is 5.56 Å². The highest BCUT2D eigenvalue weighted by molar-refractivity contribution is 5.84. The van der Waals surface area contributed by atoms with Crippen LogP contribution in [-0.2, 0) is 29.1 Å². The van der Waals surface area contributed by atoms with Crippen LogP contribution in [0.5, 0.6) is 0 Å². The molecular weight excluding hydrogens is 572 g/mol. The van der Waals surface area contributed by atoms with Gasteiger partial charge in [0.1, 0.15) is 30.5 Å². The number of alkyl halides is 3. The molecule has 1 aromatic heterocycles. The molecule has 0 bridgehead atoms. The van der Waals surface area contributed by atoms with E-state index in [1.807, 2.05) is 0 Å². The van der Waals surface area contributed by atoms with Crippen LogP contribution in [0.2, 0.25) is 0 Å². The van der Waals surface area contributed by atoms with Gasteiger partial charge in [-0.3, -0.25) is 19.5 Å². The van der Waals surface area contributed by atoms with E-state index < -0.39 is 48.2 Å². The van der Waals surface area contributed by atoms with Crippen molar-refractivity contribution < 1.29 is 37.0 Å². The molecule has 0 saturated heterocycles.